The number of carbonyl (C=O) groups is 2. The zero-order valence-electron chi connectivity index (χ0n) is 19.9. The van der Waals surface area contributed by atoms with E-state index >= 15 is 0 Å². The molecule has 7 nitrogen and oxygen atoms in total. The molecule has 0 saturated heterocycles. The summed E-state index contributed by atoms with van der Waals surface area (Å²) in [5, 5.41) is 6.72. The Morgan fingerprint density at radius 2 is 1.71 bits per heavy atom. The third-order valence-corrected chi connectivity index (χ3v) is 7.16. The lowest BCUT2D eigenvalue weighted by atomic mass is 9.97. The molecule has 0 bridgehead atoms. The molecule has 2 heterocycles. The SMILES string of the molecule is Cn1c(C(=O)OCC(=O)Nc2nc(-c3ccc(Cl)cc3Cl)cs2)c(-c2ccccc2)c2ccccc2c1=O. The van der Waals surface area contributed by atoms with Gasteiger partial charge < -0.3 is 9.30 Å². The fourth-order valence-electron chi connectivity index (χ4n) is 4.11. The Labute approximate surface area is 231 Å². The zero-order chi connectivity index (χ0) is 26.8. The van der Waals surface area contributed by atoms with Crippen molar-refractivity contribution in [1.29, 1.82) is 0 Å². The Kier molecular flexibility index (Phi) is 7.28. The summed E-state index contributed by atoms with van der Waals surface area (Å²) >= 11 is 13.4. The van der Waals surface area contributed by atoms with Gasteiger partial charge in [-0.25, -0.2) is 9.78 Å². The zero-order valence-corrected chi connectivity index (χ0v) is 22.2. The van der Waals surface area contributed by atoms with E-state index in [2.05, 4.69) is 10.3 Å². The van der Waals surface area contributed by atoms with Crippen LogP contribution >= 0.6 is 34.5 Å². The van der Waals surface area contributed by atoms with Gasteiger partial charge in [0.15, 0.2) is 11.7 Å². The molecule has 1 amide bonds. The molecule has 190 valence electrons. The summed E-state index contributed by atoms with van der Waals surface area (Å²) < 4.78 is 6.62. The second kappa shape index (κ2) is 10.8. The minimum atomic E-state index is -0.794. The van der Waals surface area contributed by atoms with Gasteiger partial charge in [-0.2, -0.15) is 0 Å². The van der Waals surface area contributed by atoms with Gasteiger partial charge in [0.05, 0.1) is 10.7 Å². The number of rotatable bonds is 6. The van der Waals surface area contributed by atoms with Gasteiger partial charge in [-0.05, 0) is 35.2 Å². The Morgan fingerprint density at radius 3 is 2.45 bits per heavy atom. The van der Waals surface area contributed by atoms with Crippen molar-refractivity contribution in [1.82, 2.24) is 9.55 Å². The van der Waals surface area contributed by atoms with E-state index in [0.717, 1.165) is 5.56 Å². The molecule has 0 fully saturated rings. The molecule has 3 aromatic carbocycles. The molecular weight excluding hydrogens is 545 g/mol. The van der Waals surface area contributed by atoms with Gasteiger partial charge in [0.25, 0.3) is 11.5 Å². The lowest BCUT2D eigenvalue weighted by molar-refractivity contribution is -0.119. The highest BCUT2D eigenvalue weighted by atomic mass is 35.5. The number of anilines is 1. The largest absolute Gasteiger partial charge is 0.451 e. The standard InChI is InChI=1S/C28H19Cl2N3O4S/c1-33-25(24(16-7-3-2-4-8-16)18-9-5-6-10-19(18)26(33)35)27(36)37-14-23(34)32-28-31-22(15-38-28)20-12-11-17(29)13-21(20)30/h2-13,15H,14H2,1H3,(H,31,32,34). The van der Waals surface area contributed by atoms with Crippen molar-refractivity contribution in [3.8, 4) is 22.4 Å². The summed E-state index contributed by atoms with van der Waals surface area (Å²) in [6, 6.07) is 21.4. The molecule has 38 heavy (non-hydrogen) atoms. The van der Waals surface area contributed by atoms with Crippen LogP contribution in [0.1, 0.15) is 10.5 Å². The fraction of sp³-hybridized carbons (Fsp3) is 0.0714. The molecule has 0 radical (unpaired) electrons. The molecule has 0 aliphatic heterocycles. The number of pyridine rings is 1. The third kappa shape index (κ3) is 5.06. The predicted octanol–water partition coefficient (Wildman–Crippen LogP) is 6.43. The number of ether oxygens (including phenoxy) is 1. The lowest BCUT2D eigenvalue weighted by Gasteiger charge is -2.16. The fourth-order valence-corrected chi connectivity index (χ4v) is 5.34. The number of esters is 1. The van der Waals surface area contributed by atoms with Crippen LogP contribution in [0.2, 0.25) is 10.0 Å². The van der Waals surface area contributed by atoms with E-state index in [1.54, 1.807) is 47.8 Å². The molecule has 0 aliphatic rings. The van der Waals surface area contributed by atoms with Gasteiger partial charge >= 0.3 is 5.97 Å². The molecule has 0 aliphatic carbocycles. The van der Waals surface area contributed by atoms with E-state index in [1.807, 2.05) is 30.3 Å². The molecule has 2 aromatic heterocycles. The van der Waals surface area contributed by atoms with Gasteiger partial charge in [-0.3, -0.25) is 14.9 Å². The molecule has 0 atom stereocenters. The van der Waals surface area contributed by atoms with Crippen molar-refractivity contribution >= 4 is 62.3 Å². The van der Waals surface area contributed by atoms with Crippen molar-refractivity contribution in [2.24, 2.45) is 7.05 Å². The molecule has 0 saturated carbocycles. The number of hydrogen-bond donors (Lipinski definition) is 1. The number of amides is 1. The van der Waals surface area contributed by atoms with E-state index < -0.39 is 18.5 Å². The molecular formula is C28H19Cl2N3O4S. The molecule has 5 rings (SSSR count). The second-order valence-electron chi connectivity index (χ2n) is 8.29. The number of halogens is 2. The average molecular weight is 564 g/mol. The van der Waals surface area contributed by atoms with Gasteiger partial charge in [-0.1, -0.05) is 71.7 Å². The molecule has 5 aromatic rings. The Bertz CT molecular complexity index is 1750. The molecule has 0 spiro atoms. The highest BCUT2D eigenvalue weighted by Crippen LogP contribution is 2.33. The lowest BCUT2D eigenvalue weighted by Crippen LogP contribution is -2.28. The summed E-state index contributed by atoms with van der Waals surface area (Å²) in [5.41, 5.74) is 2.26. The highest BCUT2D eigenvalue weighted by molar-refractivity contribution is 7.14. The van der Waals surface area contributed by atoms with Crippen LogP contribution in [0.4, 0.5) is 5.13 Å². The van der Waals surface area contributed by atoms with Crippen LogP contribution in [-0.4, -0.2) is 28.0 Å². The smallest absolute Gasteiger partial charge is 0.356 e. The van der Waals surface area contributed by atoms with Crippen LogP contribution < -0.4 is 10.9 Å². The topological polar surface area (TPSA) is 90.3 Å². The normalized spacial score (nSPS) is 10.9. The summed E-state index contributed by atoms with van der Waals surface area (Å²) in [4.78, 5) is 43.3. The van der Waals surface area contributed by atoms with Crippen LogP contribution in [0.3, 0.4) is 0 Å². The first-order valence-corrected chi connectivity index (χ1v) is 13.0. The maximum Gasteiger partial charge on any atom is 0.356 e. The highest BCUT2D eigenvalue weighted by Gasteiger charge is 2.23. The summed E-state index contributed by atoms with van der Waals surface area (Å²) in [6.07, 6.45) is 0. The van der Waals surface area contributed by atoms with Crippen LogP contribution in [0.5, 0.6) is 0 Å². The van der Waals surface area contributed by atoms with Crippen molar-refractivity contribution < 1.29 is 14.3 Å². The van der Waals surface area contributed by atoms with E-state index in [4.69, 9.17) is 27.9 Å². The first kappa shape index (κ1) is 25.7. The van der Waals surface area contributed by atoms with Crippen LogP contribution in [0.15, 0.2) is 83.0 Å². The van der Waals surface area contributed by atoms with Gasteiger partial charge in [0.2, 0.25) is 0 Å². The van der Waals surface area contributed by atoms with Crippen molar-refractivity contribution in [3.05, 3.63) is 104 Å². The third-order valence-electron chi connectivity index (χ3n) is 5.85. The van der Waals surface area contributed by atoms with Crippen LogP contribution in [0.25, 0.3) is 33.2 Å². The summed E-state index contributed by atoms with van der Waals surface area (Å²) in [5.74, 6) is -1.37. The summed E-state index contributed by atoms with van der Waals surface area (Å²) in [6.45, 7) is -0.565. The van der Waals surface area contributed by atoms with Crippen LogP contribution in [-0.2, 0) is 16.6 Å². The number of aromatic nitrogens is 2. The Hall–Kier alpha value is -3.98. The first-order chi connectivity index (χ1) is 18.3. The van der Waals surface area contributed by atoms with Gasteiger partial charge in [0.1, 0.15) is 5.69 Å². The van der Waals surface area contributed by atoms with E-state index in [-0.39, 0.29) is 11.3 Å². The number of fused-ring (bicyclic) bond motifs is 1. The van der Waals surface area contributed by atoms with Gasteiger partial charge in [-0.15, -0.1) is 11.3 Å². The van der Waals surface area contributed by atoms with Crippen molar-refractivity contribution in [2.45, 2.75) is 0 Å². The van der Waals surface area contributed by atoms with E-state index in [1.165, 1.54) is 23.0 Å². The number of nitrogens with zero attached hydrogens (tertiary/aromatic N) is 2. The molecule has 10 heteroatoms. The average Bonchev–Trinajstić information content (AvgIpc) is 3.37. The second-order valence-corrected chi connectivity index (χ2v) is 9.99. The number of hydrogen-bond acceptors (Lipinski definition) is 6. The van der Waals surface area contributed by atoms with E-state index in [0.29, 0.717) is 42.8 Å². The summed E-state index contributed by atoms with van der Waals surface area (Å²) in [7, 11) is 1.51. The number of benzene rings is 3. The maximum absolute atomic E-state index is 13.3. The van der Waals surface area contributed by atoms with Crippen LogP contribution in [0, 0.1) is 0 Å². The van der Waals surface area contributed by atoms with Crippen molar-refractivity contribution in [3.63, 3.8) is 0 Å². The van der Waals surface area contributed by atoms with Gasteiger partial charge in [0, 0.05) is 34.0 Å². The predicted molar refractivity (Wildman–Crippen MR) is 151 cm³/mol. The number of thiazole rings is 1. The maximum atomic E-state index is 13.3. The minimum Gasteiger partial charge on any atom is -0.451 e. The first-order valence-electron chi connectivity index (χ1n) is 11.4. The minimum absolute atomic E-state index is 0.0571. The number of carbonyl (C=O) groups excluding carboxylic acids is 2. The molecule has 1 N–H and O–H groups in total. The quantitative estimate of drug-likeness (QED) is 0.240. The Morgan fingerprint density at radius 1 is 1.00 bits per heavy atom. The number of nitrogens with one attached hydrogen (secondary N) is 1. The molecule has 0 unspecified atom stereocenters. The van der Waals surface area contributed by atoms with E-state index in [9.17, 15) is 14.4 Å². The monoisotopic (exact) mass is 563 g/mol. The Balaban J connectivity index is 1.38. The van der Waals surface area contributed by atoms with Crippen molar-refractivity contribution in [2.75, 3.05) is 11.9 Å².